The number of nitrogens with one attached hydrogen (secondary N) is 1. The summed E-state index contributed by atoms with van der Waals surface area (Å²) in [6.45, 7) is -0.00886. The van der Waals surface area contributed by atoms with Crippen molar-refractivity contribution in [3.8, 4) is 0 Å². The van der Waals surface area contributed by atoms with Crippen LogP contribution in [-0.2, 0) is 0 Å². The lowest BCUT2D eigenvalue weighted by Gasteiger charge is -2.33. The van der Waals surface area contributed by atoms with Gasteiger partial charge in [-0.1, -0.05) is 29.3 Å². The predicted molar refractivity (Wildman–Crippen MR) is 75.6 cm³/mol. The number of halogens is 5. The maximum absolute atomic E-state index is 12.3. The molecule has 0 atom stereocenters. The van der Waals surface area contributed by atoms with E-state index in [0.29, 0.717) is 41.7 Å². The van der Waals surface area contributed by atoms with Crippen molar-refractivity contribution in [2.75, 3.05) is 25.0 Å². The van der Waals surface area contributed by atoms with Crippen LogP contribution in [0.5, 0.6) is 0 Å². The molecule has 1 aliphatic heterocycles. The number of anilines is 1. The fourth-order valence-corrected chi connectivity index (χ4v) is 2.84. The highest BCUT2D eigenvalue weighted by atomic mass is 35.5. The maximum Gasteiger partial charge on any atom is 0.401 e. The number of likely N-dealkylation sites (tertiary alicyclic amines) is 1. The first-order valence-electron chi connectivity index (χ1n) is 6.35. The fraction of sp³-hybridized carbons (Fsp3) is 0.538. The van der Waals surface area contributed by atoms with Gasteiger partial charge in [0.05, 0.1) is 22.3 Å². The zero-order chi connectivity index (χ0) is 14.8. The van der Waals surface area contributed by atoms with E-state index in [1.165, 1.54) is 4.90 Å². The third-order valence-electron chi connectivity index (χ3n) is 3.30. The molecule has 20 heavy (non-hydrogen) atoms. The molecular formula is C13H15Cl2F3N2. The summed E-state index contributed by atoms with van der Waals surface area (Å²) in [6, 6.07) is 5.31. The summed E-state index contributed by atoms with van der Waals surface area (Å²) < 4.78 is 36.9. The van der Waals surface area contributed by atoms with E-state index in [4.69, 9.17) is 23.2 Å². The number of hydrogen-bond donors (Lipinski definition) is 1. The Morgan fingerprint density at radius 3 is 2.20 bits per heavy atom. The van der Waals surface area contributed by atoms with Crippen LogP contribution in [0.15, 0.2) is 18.2 Å². The number of hydrogen-bond acceptors (Lipinski definition) is 2. The summed E-state index contributed by atoms with van der Waals surface area (Å²) in [5.41, 5.74) is 0.658. The highest BCUT2D eigenvalue weighted by molar-refractivity contribution is 6.39. The van der Waals surface area contributed by atoms with Crippen molar-refractivity contribution in [3.63, 3.8) is 0 Å². The Morgan fingerprint density at radius 1 is 1.15 bits per heavy atom. The summed E-state index contributed by atoms with van der Waals surface area (Å²) in [5, 5.41) is 4.28. The number of para-hydroxylation sites is 1. The molecule has 0 aromatic heterocycles. The summed E-state index contributed by atoms with van der Waals surface area (Å²) in [5.74, 6) is 0. The Bertz CT molecular complexity index is 437. The van der Waals surface area contributed by atoms with E-state index in [1.807, 2.05) is 0 Å². The topological polar surface area (TPSA) is 15.3 Å². The van der Waals surface area contributed by atoms with Crippen LogP contribution in [0.25, 0.3) is 0 Å². The Morgan fingerprint density at radius 2 is 1.70 bits per heavy atom. The van der Waals surface area contributed by atoms with Crippen LogP contribution in [-0.4, -0.2) is 36.8 Å². The molecule has 1 fully saturated rings. The van der Waals surface area contributed by atoms with Gasteiger partial charge < -0.3 is 5.32 Å². The smallest absolute Gasteiger partial charge is 0.380 e. The van der Waals surface area contributed by atoms with Crippen LogP contribution in [0.1, 0.15) is 12.8 Å². The molecule has 1 aromatic carbocycles. The minimum absolute atomic E-state index is 0.0943. The van der Waals surface area contributed by atoms with Crippen LogP contribution in [0.2, 0.25) is 10.0 Å². The van der Waals surface area contributed by atoms with Gasteiger partial charge in [0.25, 0.3) is 0 Å². The average molecular weight is 327 g/mol. The van der Waals surface area contributed by atoms with Crippen molar-refractivity contribution in [3.05, 3.63) is 28.2 Å². The highest BCUT2D eigenvalue weighted by Gasteiger charge is 2.32. The van der Waals surface area contributed by atoms with Crippen LogP contribution in [0, 0.1) is 0 Å². The number of rotatable bonds is 3. The van der Waals surface area contributed by atoms with Gasteiger partial charge in [-0.15, -0.1) is 0 Å². The average Bonchev–Trinajstić information content (AvgIpc) is 2.34. The first-order chi connectivity index (χ1) is 9.35. The lowest BCUT2D eigenvalue weighted by atomic mass is 10.0. The number of nitrogens with zero attached hydrogens (tertiary/aromatic N) is 1. The van der Waals surface area contributed by atoms with Crippen molar-refractivity contribution in [2.45, 2.75) is 25.1 Å². The second-order valence-corrected chi connectivity index (χ2v) is 5.72. The summed E-state index contributed by atoms with van der Waals surface area (Å²) in [6.07, 6.45) is -2.86. The molecule has 0 unspecified atom stereocenters. The van der Waals surface area contributed by atoms with Crippen LogP contribution < -0.4 is 5.32 Å². The van der Waals surface area contributed by atoms with Gasteiger partial charge in [0.15, 0.2) is 0 Å². The molecule has 2 nitrogen and oxygen atoms in total. The van der Waals surface area contributed by atoms with Gasteiger partial charge in [-0.3, -0.25) is 4.90 Å². The van der Waals surface area contributed by atoms with Crippen LogP contribution in [0.3, 0.4) is 0 Å². The monoisotopic (exact) mass is 326 g/mol. The molecule has 1 aliphatic rings. The molecule has 0 radical (unpaired) electrons. The van der Waals surface area contributed by atoms with Gasteiger partial charge in [0, 0.05) is 19.1 Å². The third kappa shape index (κ3) is 4.43. The fourth-order valence-electron chi connectivity index (χ4n) is 2.33. The molecule has 0 saturated carbocycles. The first kappa shape index (κ1) is 15.7. The van der Waals surface area contributed by atoms with Gasteiger partial charge in [-0.2, -0.15) is 13.2 Å². The van der Waals surface area contributed by atoms with Crippen LogP contribution in [0.4, 0.5) is 18.9 Å². The largest absolute Gasteiger partial charge is 0.401 e. The van der Waals surface area contributed by atoms with Crippen LogP contribution >= 0.6 is 23.2 Å². The van der Waals surface area contributed by atoms with Crippen molar-refractivity contribution in [1.29, 1.82) is 0 Å². The summed E-state index contributed by atoms with van der Waals surface area (Å²) >= 11 is 12.1. The lowest BCUT2D eigenvalue weighted by Crippen LogP contribution is -2.43. The second-order valence-electron chi connectivity index (χ2n) is 4.91. The molecule has 1 heterocycles. The van der Waals surface area contributed by atoms with E-state index in [0.717, 1.165) is 0 Å². The maximum atomic E-state index is 12.3. The van der Waals surface area contributed by atoms with E-state index >= 15 is 0 Å². The van der Waals surface area contributed by atoms with E-state index in [1.54, 1.807) is 18.2 Å². The second kappa shape index (κ2) is 6.41. The van der Waals surface area contributed by atoms with Gasteiger partial charge >= 0.3 is 6.18 Å². The standard InChI is InChI=1S/C13H15Cl2F3N2/c14-10-2-1-3-11(15)12(10)19-9-4-6-20(7-5-9)8-13(16,17)18/h1-3,9,19H,4-8H2. The molecule has 1 aromatic rings. The lowest BCUT2D eigenvalue weighted by molar-refractivity contribution is -0.147. The quantitative estimate of drug-likeness (QED) is 0.883. The van der Waals surface area contributed by atoms with E-state index in [2.05, 4.69) is 5.32 Å². The molecule has 0 amide bonds. The van der Waals surface area contributed by atoms with E-state index < -0.39 is 12.7 Å². The Hall–Kier alpha value is -0.650. The molecule has 1 saturated heterocycles. The predicted octanol–water partition coefficient (Wildman–Crippen LogP) is 4.43. The minimum Gasteiger partial charge on any atom is -0.380 e. The van der Waals surface area contributed by atoms with Crippen molar-refractivity contribution < 1.29 is 13.2 Å². The molecule has 2 rings (SSSR count). The number of alkyl halides is 3. The minimum atomic E-state index is -4.13. The van der Waals surface area contributed by atoms with Gasteiger partial charge in [-0.25, -0.2) is 0 Å². The molecule has 0 spiro atoms. The zero-order valence-electron chi connectivity index (χ0n) is 10.7. The molecule has 7 heteroatoms. The van der Waals surface area contributed by atoms with Gasteiger partial charge in [0.2, 0.25) is 0 Å². The van der Waals surface area contributed by atoms with E-state index in [9.17, 15) is 13.2 Å². The first-order valence-corrected chi connectivity index (χ1v) is 7.10. The molecule has 112 valence electrons. The third-order valence-corrected chi connectivity index (χ3v) is 3.93. The van der Waals surface area contributed by atoms with Crippen molar-refractivity contribution in [1.82, 2.24) is 4.90 Å². The normalized spacial score (nSPS) is 18.2. The zero-order valence-corrected chi connectivity index (χ0v) is 12.2. The molecule has 0 aliphatic carbocycles. The highest BCUT2D eigenvalue weighted by Crippen LogP contribution is 2.31. The van der Waals surface area contributed by atoms with E-state index in [-0.39, 0.29) is 6.04 Å². The van der Waals surface area contributed by atoms with Gasteiger partial charge in [0.1, 0.15) is 0 Å². The van der Waals surface area contributed by atoms with Gasteiger partial charge in [-0.05, 0) is 25.0 Å². The Kier molecular flexibility index (Phi) is 5.04. The summed E-state index contributed by atoms with van der Waals surface area (Å²) in [4.78, 5) is 1.42. The van der Waals surface area contributed by atoms with Crippen molar-refractivity contribution in [2.24, 2.45) is 0 Å². The molecule has 1 N–H and O–H groups in total. The SMILES string of the molecule is FC(F)(F)CN1CCC(Nc2c(Cl)cccc2Cl)CC1. The number of benzene rings is 1. The molecular weight excluding hydrogens is 312 g/mol. The Labute approximate surface area is 125 Å². The van der Waals surface area contributed by atoms with Crippen molar-refractivity contribution >= 4 is 28.9 Å². The molecule has 0 bridgehead atoms. The summed E-state index contributed by atoms with van der Waals surface area (Å²) in [7, 11) is 0. The Balaban J connectivity index is 1.89. The number of piperidine rings is 1.